The first-order valence-corrected chi connectivity index (χ1v) is 10.1. The third kappa shape index (κ3) is 4.86. The topological polar surface area (TPSA) is 48.5 Å². The first kappa shape index (κ1) is 17.5. The van der Waals surface area contributed by atoms with Crippen LogP contribution < -0.4 is 5.32 Å². The lowest BCUT2D eigenvalue weighted by molar-refractivity contribution is 0.133. The number of aromatic nitrogens is 1. The summed E-state index contributed by atoms with van der Waals surface area (Å²) in [5, 5.41) is 3.98. The van der Waals surface area contributed by atoms with Crippen molar-refractivity contribution in [3.63, 3.8) is 0 Å². The van der Waals surface area contributed by atoms with Gasteiger partial charge in [-0.1, -0.05) is 13.0 Å². The van der Waals surface area contributed by atoms with E-state index in [1.165, 1.54) is 17.7 Å². The number of pyridine rings is 1. The van der Waals surface area contributed by atoms with E-state index in [-0.39, 0.29) is 6.03 Å². The molecule has 24 heavy (non-hydrogen) atoms. The van der Waals surface area contributed by atoms with Crippen LogP contribution in [0.4, 0.5) is 4.79 Å². The molecule has 1 saturated carbocycles. The molecule has 1 N–H and O–H groups in total. The first-order chi connectivity index (χ1) is 11.7. The lowest BCUT2D eigenvalue weighted by Gasteiger charge is -2.35. The predicted molar refractivity (Wildman–Crippen MR) is 99.2 cm³/mol. The van der Waals surface area contributed by atoms with Crippen molar-refractivity contribution < 1.29 is 4.79 Å². The molecule has 1 aliphatic carbocycles. The molecule has 2 fully saturated rings. The fraction of sp³-hybridized carbons (Fsp3) is 0.667. The van der Waals surface area contributed by atoms with E-state index in [9.17, 15) is 4.79 Å². The van der Waals surface area contributed by atoms with Crippen LogP contribution in [0, 0.1) is 0 Å². The molecule has 1 aromatic rings. The summed E-state index contributed by atoms with van der Waals surface area (Å²) < 4.78 is 0. The number of nitrogens with zero attached hydrogens (tertiary/aromatic N) is 3. The van der Waals surface area contributed by atoms with Crippen LogP contribution in [-0.2, 0) is 6.54 Å². The second-order valence-corrected chi connectivity index (χ2v) is 8.24. The van der Waals surface area contributed by atoms with Crippen LogP contribution in [0.5, 0.6) is 0 Å². The van der Waals surface area contributed by atoms with Gasteiger partial charge >= 0.3 is 6.03 Å². The molecular weight excluding hydrogens is 320 g/mol. The van der Waals surface area contributed by atoms with Crippen LogP contribution in [0.1, 0.15) is 31.7 Å². The van der Waals surface area contributed by atoms with Gasteiger partial charge in [0.05, 0.1) is 0 Å². The van der Waals surface area contributed by atoms with Crippen molar-refractivity contribution in [1.29, 1.82) is 0 Å². The largest absolute Gasteiger partial charge is 0.335 e. The number of piperazine rings is 1. The van der Waals surface area contributed by atoms with Gasteiger partial charge in [0, 0.05) is 56.4 Å². The van der Waals surface area contributed by atoms with Crippen LogP contribution in [0.25, 0.3) is 0 Å². The summed E-state index contributed by atoms with van der Waals surface area (Å²) in [6.45, 7) is 6.61. The Morgan fingerprint density at radius 1 is 1.33 bits per heavy atom. The SMILES string of the molecule is CCS[C@H]1CC[C@H](NC(=O)N2CCN(Cc3cccnc3)CC2)C1. The highest BCUT2D eigenvalue weighted by molar-refractivity contribution is 7.99. The molecule has 2 amide bonds. The Morgan fingerprint density at radius 3 is 2.88 bits per heavy atom. The number of carbonyl (C=O) groups is 1. The summed E-state index contributed by atoms with van der Waals surface area (Å²) in [7, 11) is 0. The molecule has 1 saturated heterocycles. The Kier molecular flexibility index (Phi) is 6.37. The van der Waals surface area contributed by atoms with Crippen molar-refractivity contribution in [3.8, 4) is 0 Å². The van der Waals surface area contributed by atoms with E-state index in [0.717, 1.165) is 50.8 Å². The Labute approximate surface area is 149 Å². The average molecular weight is 349 g/mol. The molecule has 1 aliphatic heterocycles. The average Bonchev–Trinajstić information content (AvgIpc) is 3.04. The van der Waals surface area contributed by atoms with Gasteiger partial charge in [0.25, 0.3) is 0 Å². The van der Waals surface area contributed by atoms with E-state index in [2.05, 4.69) is 28.2 Å². The van der Waals surface area contributed by atoms with E-state index in [0.29, 0.717) is 6.04 Å². The Balaban J connectivity index is 1.39. The molecule has 0 spiro atoms. The number of urea groups is 1. The second-order valence-electron chi connectivity index (χ2n) is 6.66. The van der Waals surface area contributed by atoms with E-state index < -0.39 is 0 Å². The molecule has 0 unspecified atom stereocenters. The minimum Gasteiger partial charge on any atom is -0.335 e. The highest BCUT2D eigenvalue weighted by Crippen LogP contribution is 2.29. The molecule has 6 heteroatoms. The summed E-state index contributed by atoms with van der Waals surface area (Å²) in [5.74, 6) is 1.17. The van der Waals surface area contributed by atoms with Crippen LogP contribution in [0.2, 0.25) is 0 Å². The lowest BCUT2D eigenvalue weighted by Crippen LogP contribution is -2.52. The minimum absolute atomic E-state index is 0.128. The molecular formula is C18H28N4OS. The Bertz CT molecular complexity index is 519. The second kappa shape index (κ2) is 8.72. The summed E-state index contributed by atoms with van der Waals surface area (Å²) in [4.78, 5) is 21.0. The fourth-order valence-corrected chi connectivity index (χ4v) is 4.73. The number of nitrogens with one attached hydrogen (secondary N) is 1. The van der Waals surface area contributed by atoms with E-state index in [4.69, 9.17) is 0 Å². The third-order valence-electron chi connectivity index (χ3n) is 4.90. The third-order valence-corrected chi connectivity index (χ3v) is 6.14. The lowest BCUT2D eigenvalue weighted by atomic mass is 10.2. The van der Waals surface area contributed by atoms with E-state index in [1.54, 1.807) is 6.20 Å². The normalized spacial score (nSPS) is 25.0. The standard InChI is InChI=1S/C18H28N4OS/c1-2-24-17-6-5-16(12-17)20-18(23)22-10-8-21(9-11-22)14-15-4-3-7-19-13-15/h3-4,7,13,16-17H,2,5-6,8-12,14H2,1H3,(H,20,23)/t16-,17-/m0/s1. The molecule has 0 aromatic carbocycles. The number of rotatable bonds is 5. The van der Waals surface area contributed by atoms with E-state index >= 15 is 0 Å². The predicted octanol–water partition coefficient (Wildman–Crippen LogP) is 2.58. The maximum atomic E-state index is 12.5. The highest BCUT2D eigenvalue weighted by Gasteiger charge is 2.28. The van der Waals surface area contributed by atoms with Crippen LogP contribution in [-0.4, -0.2) is 64.0 Å². The fourth-order valence-electron chi connectivity index (χ4n) is 3.58. The van der Waals surface area contributed by atoms with Gasteiger partial charge in [-0.25, -0.2) is 4.79 Å². The first-order valence-electron chi connectivity index (χ1n) is 9.03. The smallest absolute Gasteiger partial charge is 0.317 e. The van der Waals surface area contributed by atoms with Gasteiger partial charge in [-0.3, -0.25) is 9.88 Å². The number of hydrogen-bond donors (Lipinski definition) is 1. The number of amides is 2. The monoisotopic (exact) mass is 348 g/mol. The van der Waals surface area contributed by atoms with Gasteiger partial charge in [0.1, 0.15) is 0 Å². The van der Waals surface area contributed by atoms with Gasteiger partial charge in [-0.15, -0.1) is 0 Å². The molecule has 0 bridgehead atoms. The van der Waals surface area contributed by atoms with Gasteiger partial charge in [0.2, 0.25) is 0 Å². The van der Waals surface area contributed by atoms with Crippen molar-refractivity contribution >= 4 is 17.8 Å². The maximum absolute atomic E-state index is 12.5. The maximum Gasteiger partial charge on any atom is 0.317 e. The molecule has 5 nitrogen and oxygen atoms in total. The van der Waals surface area contributed by atoms with Crippen LogP contribution in [0.3, 0.4) is 0 Å². The van der Waals surface area contributed by atoms with Crippen molar-refractivity contribution in [1.82, 2.24) is 20.1 Å². The molecule has 132 valence electrons. The van der Waals surface area contributed by atoms with E-state index in [1.807, 2.05) is 28.9 Å². The van der Waals surface area contributed by atoms with Gasteiger partial charge in [-0.05, 0) is 36.6 Å². The van der Waals surface area contributed by atoms with Gasteiger partial charge in [-0.2, -0.15) is 11.8 Å². The van der Waals surface area contributed by atoms with Gasteiger partial charge < -0.3 is 10.2 Å². The van der Waals surface area contributed by atoms with Crippen molar-refractivity contribution in [2.45, 2.75) is 44.0 Å². The molecule has 2 heterocycles. The van der Waals surface area contributed by atoms with Crippen LogP contribution in [0.15, 0.2) is 24.5 Å². The van der Waals surface area contributed by atoms with Crippen molar-refractivity contribution in [2.24, 2.45) is 0 Å². The molecule has 2 atom stereocenters. The number of hydrogen-bond acceptors (Lipinski definition) is 4. The Morgan fingerprint density at radius 2 is 2.17 bits per heavy atom. The highest BCUT2D eigenvalue weighted by atomic mass is 32.2. The molecule has 0 radical (unpaired) electrons. The molecule has 2 aliphatic rings. The summed E-state index contributed by atoms with van der Waals surface area (Å²) in [6, 6.07) is 4.58. The Hall–Kier alpha value is -1.27. The summed E-state index contributed by atoms with van der Waals surface area (Å²) >= 11 is 2.03. The van der Waals surface area contributed by atoms with Crippen molar-refractivity contribution in [3.05, 3.63) is 30.1 Å². The zero-order chi connectivity index (χ0) is 16.8. The number of thioether (sulfide) groups is 1. The summed E-state index contributed by atoms with van der Waals surface area (Å²) in [6.07, 6.45) is 7.22. The zero-order valence-electron chi connectivity index (χ0n) is 14.5. The molecule has 1 aromatic heterocycles. The minimum atomic E-state index is 0.128. The zero-order valence-corrected chi connectivity index (χ0v) is 15.3. The quantitative estimate of drug-likeness (QED) is 0.888. The summed E-state index contributed by atoms with van der Waals surface area (Å²) in [5.41, 5.74) is 1.24. The van der Waals surface area contributed by atoms with Crippen molar-refractivity contribution in [2.75, 3.05) is 31.9 Å². The molecule has 3 rings (SSSR count). The van der Waals surface area contributed by atoms with Crippen LogP contribution >= 0.6 is 11.8 Å². The van der Waals surface area contributed by atoms with Gasteiger partial charge in [0.15, 0.2) is 0 Å². The number of carbonyl (C=O) groups excluding carboxylic acids is 1.